The maximum atomic E-state index is 12.9. The van der Waals surface area contributed by atoms with Crippen LogP contribution in [0.3, 0.4) is 0 Å². The standard InChI is InChI=1S/C19H28Cl2N4O3S/c1-15(19(26)22-18-7-6-16(20)14-17(18)21)23-10-12-25(13-11-23)29(27,28)24-8-4-2-3-5-9-24/h6-7,14-15H,2-5,8-13H2,1H3,(H,22,26). The van der Waals surface area contributed by atoms with Gasteiger partial charge in [0.1, 0.15) is 0 Å². The van der Waals surface area contributed by atoms with Crippen molar-refractivity contribution in [2.75, 3.05) is 44.6 Å². The van der Waals surface area contributed by atoms with Gasteiger partial charge in [-0.05, 0) is 38.0 Å². The Morgan fingerprint density at radius 1 is 0.966 bits per heavy atom. The second-order valence-electron chi connectivity index (χ2n) is 7.55. The number of hydrogen-bond acceptors (Lipinski definition) is 4. The van der Waals surface area contributed by atoms with Crippen molar-refractivity contribution >= 4 is 45.0 Å². The molecule has 7 nitrogen and oxygen atoms in total. The van der Waals surface area contributed by atoms with Crippen LogP contribution in [-0.4, -0.2) is 73.1 Å². The molecule has 0 spiro atoms. The first-order valence-corrected chi connectivity index (χ1v) is 12.2. The molecule has 2 heterocycles. The minimum atomic E-state index is -3.43. The van der Waals surface area contributed by atoms with Gasteiger partial charge in [0.05, 0.1) is 16.8 Å². The molecule has 2 aliphatic rings. The monoisotopic (exact) mass is 462 g/mol. The Balaban J connectivity index is 1.55. The van der Waals surface area contributed by atoms with E-state index in [-0.39, 0.29) is 5.91 Å². The third kappa shape index (κ3) is 5.62. The Kier molecular flexibility index (Phi) is 7.81. The van der Waals surface area contributed by atoms with Crippen molar-refractivity contribution in [2.24, 2.45) is 0 Å². The minimum Gasteiger partial charge on any atom is -0.323 e. The summed E-state index contributed by atoms with van der Waals surface area (Å²) in [7, 11) is -3.43. The normalized spacial score (nSPS) is 21.5. The molecule has 1 N–H and O–H groups in total. The number of benzene rings is 1. The molecular formula is C19H28Cl2N4O3S. The van der Waals surface area contributed by atoms with Crippen molar-refractivity contribution in [3.8, 4) is 0 Å². The lowest BCUT2D eigenvalue weighted by Gasteiger charge is -2.38. The number of nitrogens with one attached hydrogen (secondary N) is 1. The van der Waals surface area contributed by atoms with Gasteiger partial charge in [0, 0.05) is 44.3 Å². The quantitative estimate of drug-likeness (QED) is 0.729. The van der Waals surface area contributed by atoms with Crippen molar-refractivity contribution < 1.29 is 13.2 Å². The van der Waals surface area contributed by atoms with Crippen LogP contribution in [-0.2, 0) is 15.0 Å². The molecule has 29 heavy (non-hydrogen) atoms. The van der Waals surface area contributed by atoms with Crippen LogP contribution in [0.15, 0.2) is 18.2 Å². The summed E-state index contributed by atoms with van der Waals surface area (Å²) < 4.78 is 29.0. The van der Waals surface area contributed by atoms with Gasteiger partial charge in [-0.1, -0.05) is 36.0 Å². The zero-order chi connectivity index (χ0) is 21.0. The van der Waals surface area contributed by atoms with Crippen LogP contribution in [0.4, 0.5) is 5.69 Å². The van der Waals surface area contributed by atoms with Gasteiger partial charge in [-0.2, -0.15) is 17.0 Å². The molecule has 10 heteroatoms. The molecule has 1 atom stereocenters. The smallest absolute Gasteiger partial charge is 0.282 e. The van der Waals surface area contributed by atoms with Gasteiger partial charge in [0.25, 0.3) is 10.2 Å². The van der Waals surface area contributed by atoms with Gasteiger partial charge in [-0.3, -0.25) is 9.69 Å². The van der Waals surface area contributed by atoms with E-state index < -0.39 is 16.3 Å². The zero-order valence-electron chi connectivity index (χ0n) is 16.6. The molecular weight excluding hydrogens is 435 g/mol. The molecule has 1 amide bonds. The SMILES string of the molecule is CC(C(=O)Nc1ccc(Cl)cc1Cl)N1CCN(S(=O)(=O)N2CCCCCC2)CC1. The summed E-state index contributed by atoms with van der Waals surface area (Å²) >= 11 is 12.0. The average molecular weight is 463 g/mol. The van der Waals surface area contributed by atoms with E-state index in [1.165, 1.54) is 0 Å². The Hall–Kier alpha value is -0.900. The Bertz CT molecular complexity index is 821. The molecule has 0 aliphatic carbocycles. The fraction of sp³-hybridized carbons (Fsp3) is 0.632. The third-order valence-corrected chi connectivity index (χ3v) is 8.19. The van der Waals surface area contributed by atoms with Crippen LogP contribution < -0.4 is 5.32 Å². The van der Waals surface area contributed by atoms with E-state index in [1.807, 2.05) is 11.8 Å². The number of hydrogen-bond donors (Lipinski definition) is 1. The van der Waals surface area contributed by atoms with Crippen molar-refractivity contribution in [2.45, 2.75) is 38.6 Å². The van der Waals surface area contributed by atoms with E-state index in [0.717, 1.165) is 25.7 Å². The highest BCUT2D eigenvalue weighted by Gasteiger charge is 2.34. The molecule has 2 saturated heterocycles. The van der Waals surface area contributed by atoms with E-state index >= 15 is 0 Å². The summed E-state index contributed by atoms with van der Waals surface area (Å²) in [6, 6.07) is 4.52. The number of rotatable bonds is 5. The molecule has 3 rings (SSSR count). The van der Waals surface area contributed by atoms with Crippen LogP contribution in [0, 0.1) is 0 Å². The Labute approximate surface area is 183 Å². The van der Waals surface area contributed by atoms with Crippen molar-refractivity contribution in [3.05, 3.63) is 28.2 Å². The highest BCUT2D eigenvalue weighted by atomic mass is 35.5. The largest absolute Gasteiger partial charge is 0.323 e. The second-order valence-corrected chi connectivity index (χ2v) is 10.3. The van der Waals surface area contributed by atoms with Crippen LogP contribution in [0.2, 0.25) is 10.0 Å². The number of carbonyl (C=O) groups is 1. The van der Waals surface area contributed by atoms with E-state index in [9.17, 15) is 13.2 Å². The highest BCUT2D eigenvalue weighted by Crippen LogP contribution is 2.26. The summed E-state index contributed by atoms with van der Waals surface area (Å²) in [5.41, 5.74) is 0.510. The van der Waals surface area contributed by atoms with Crippen molar-refractivity contribution in [1.29, 1.82) is 0 Å². The van der Waals surface area contributed by atoms with Crippen molar-refractivity contribution in [1.82, 2.24) is 13.5 Å². The van der Waals surface area contributed by atoms with Gasteiger partial charge in [0.2, 0.25) is 5.91 Å². The summed E-state index contributed by atoms with van der Waals surface area (Å²) in [5, 5.41) is 3.71. The lowest BCUT2D eigenvalue weighted by atomic mass is 10.2. The first-order chi connectivity index (χ1) is 13.8. The second kappa shape index (κ2) is 9.94. The van der Waals surface area contributed by atoms with Crippen LogP contribution >= 0.6 is 23.2 Å². The summed E-state index contributed by atoms with van der Waals surface area (Å²) in [5.74, 6) is -0.182. The fourth-order valence-corrected chi connectivity index (χ4v) is 5.88. The van der Waals surface area contributed by atoms with Gasteiger partial charge < -0.3 is 5.32 Å². The van der Waals surface area contributed by atoms with Crippen molar-refractivity contribution in [3.63, 3.8) is 0 Å². The molecule has 0 bridgehead atoms. The van der Waals surface area contributed by atoms with Crippen LogP contribution in [0.5, 0.6) is 0 Å². The average Bonchev–Trinajstić information content (AvgIpc) is 3.00. The number of carbonyl (C=O) groups excluding carboxylic acids is 1. The molecule has 1 aromatic carbocycles. The highest BCUT2D eigenvalue weighted by molar-refractivity contribution is 7.86. The zero-order valence-corrected chi connectivity index (χ0v) is 18.9. The molecule has 0 aromatic heterocycles. The number of anilines is 1. The lowest BCUT2D eigenvalue weighted by molar-refractivity contribution is -0.121. The third-order valence-electron chi connectivity index (χ3n) is 5.61. The molecule has 2 fully saturated rings. The Morgan fingerprint density at radius 3 is 2.14 bits per heavy atom. The van der Waals surface area contributed by atoms with Gasteiger partial charge in [-0.25, -0.2) is 0 Å². The molecule has 2 aliphatic heterocycles. The maximum absolute atomic E-state index is 12.9. The molecule has 1 unspecified atom stereocenters. The minimum absolute atomic E-state index is 0.182. The molecule has 162 valence electrons. The Morgan fingerprint density at radius 2 is 1.55 bits per heavy atom. The molecule has 0 saturated carbocycles. The number of halogens is 2. The van der Waals surface area contributed by atoms with Crippen LogP contribution in [0.1, 0.15) is 32.6 Å². The van der Waals surface area contributed by atoms with Gasteiger partial charge in [0.15, 0.2) is 0 Å². The predicted octanol–water partition coefficient (Wildman–Crippen LogP) is 3.06. The summed E-state index contributed by atoms with van der Waals surface area (Å²) in [4.78, 5) is 14.6. The first-order valence-electron chi connectivity index (χ1n) is 10.0. The van der Waals surface area contributed by atoms with E-state index in [2.05, 4.69) is 5.32 Å². The van der Waals surface area contributed by atoms with E-state index in [0.29, 0.717) is 55.0 Å². The molecule has 0 radical (unpaired) electrons. The van der Waals surface area contributed by atoms with Gasteiger partial charge >= 0.3 is 0 Å². The summed E-state index contributed by atoms with van der Waals surface area (Å²) in [6.07, 6.45) is 4.02. The molecule has 1 aromatic rings. The first kappa shape index (κ1) is 22.8. The summed E-state index contributed by atoms with van der Waals surface area (Å²) in [6.45, 7) is 4.81. The van der Waals surface area contributed by atoms with Crippen LogP contribution in [0.25, 0.3) is 0 Å². The van der Waals surface area contributed by atoms with Gasteiger partial charge in [-0.15, -0.1) is 0 Å². The maximum Gasteiger partial charge on any atom is 0.282 e. The fourth-order valence-electron chi connectivity index (χ4n) is 3.75. The predicted molar refractivity (Wildman–Crippen MR) is 117 cm³/mol. The lowest BCUT2D eigenvalue weighted by Crippen LogP contribution is -2.56. The number of nitrogens with zero attached hydrogens (tertiary/aromatic N) is 3. The van der Waals surface area contributed by atoms with E-state index in [4.69, 9.17) is 23.2 Å². The number of amides is 1. The van der Waals surface area contributed by atoms with E-state index in [1.54, 1.807) is 26.8 Å². The topological polar surface area (TPSA) is 73.0 Å². The number of piperazine rings is 1.